The molecule has 1 saturated carbocycles. The van der Waals surface area contributed by atoms with Gasteiger partial charge in [0.25, 0.3) is 0 Å². The van der Waals surface area contributed by atoms with Crippen molar-refractivity contribution < 1.29 is 24.1 Å². The minimum atomic E-state index is -0.445. The largest absolute Gasteiger partial charge is 0.396 e. The molecule has 5 nitrogen and oxygen atoms in total. The van der Waals surface area contributed by atoms with Gasteiger partial charge in [-0.15, -0.1) is 0 Å². The zero-order valence-corrected chi connectivity index (χ0v) is 22.8. The maximum Gasteiger partial charge on any atom is 0.113 e. The lowest BCUT2D eigenvalue weighted by Crippen LogP contribution is -2.58. The molecular weight excluding hydrogens is 500 g/mol. The molecule has 4 aromatic carbocycles. The first-order chi connectivity index (χ1) is 19.8. The third-order valence-corrected chi connectivity index (χ3v) is 7.41. The summed E-state index contributed by atoms with van der Waals surface area (Å²) in [7, 11) is 0. The molecule has 1 unspecified atom stereocenters. The summed E-state index contributed by atoms with van der Waals surface area (Å²) in [5, 5.41) is 10.5. The minimum absolute atomic E-state index is 0.0265. The van der Waals surface area contributed by atoms with Crippen molar-refractivity contribution in [3.63, 3.8) is 0 Å². The lowest BCUT2D eigenvalue weighted by molar-refractivity contribution is -0.233. The van der Waals surface area contributed by atoms with Gasteiger partial charge in [0.1, 0.15) is 12.2 Å². The Bertz CT molecular complexity index is 1240. The summed E-state index contributed by atoms with van der Waals surface area (Å²) in [6, 6.07) is 40.5. The summed E-state index contributed by atoms with van der Waals surface area (Å²) in [6.07, 6.45) is -0.881. The second-order valence-electron chi connectivity index (χ2n) is 10.3. The number of aliphatic hydroxyl groups is 1. The topological polar surface area (TPSA) is 57.2 Å². The van der Waals surface area contributed by atoms with Gasteiger partial charge in [-0.1, -0.05) is 121 Å². The first-order valence-corrected chi connectivity index (χ1v) is 14.0. The third-order valence-electron chi connectivity index (χ3n) is 7.41. The summed E-state index contributed by atoms with van der Waals surface area (Å²) in [4.78, 5) is 0. The van der Waals surface area contributed by atoms with Crippen LogP contribution < -0.4 is 0 Å². The van der Waals surface area contributed by atoms with E-state index in [4.69, 9.17) is 18.9 Å². The van der Waals surface area contributed by atoms with Crippen molar-refractivity contribution in [2.75, 3.05) is 6.61 Å². The van der Waals surface area contributed by atoms with Crippen LogP contribution in [0.3, 0.4) is 0 Å². The van der Waals surface area contributed by atoms with Crippen LogP contribution in [0.15, 0.2) is 121 Å². The van der Waals surface area contributed by atoms with E-state index in [9.17, 15) is 5.11 Å². The molecular formula is C35H38O5. The van der Waals surface area contributed by atoms with E-state index in [1.165, 1.54) is 0 Å². The van der Waals surface area contributed by atoms with Crippen LogP contribution in [0.5, 0.6) is 0 Å². The second kappa shape index (κ2) is 14.9. The molecule has 1 aliphatic carbocycles. The number of benzene rings is 4. The number of aliphatic hydroxyl groups excluding tert-OH is 1. The maximum atomic E-state index is 10.5. The van der Waals surface area contributed by atoms with E-state index in [1.807, 2.05) is 84.9 Å². The Morgan fingerprint density at radius 2 is 0.800 bits per heavy atom. The van der Waals surface area contributed by atoms with Gasteiger partial charge in [-0.25, -0.2) is 0 Å². The summed E-state index contributed by atoms with van der Waals surface area (Å²) >= 11 is 0. The SMILES string of the molecule is OC[C@H]1CC(OCc2ccccc2)[C@@H](OCc2ccccc2)[C@@H](OCc2ccccc2)[C@@H]1OCc1ccccc1. The monoisotopic (exact) mass is 538 g/mol. The van der Waals surface area contributed by atoms with Crippen LogP contribution in [0.25, 0.3) is 0 Å². The molecule has 1 N–H and O–H groups in total. The lowest BCUT2D eigenvalue weighted by atomic mass is 9.80. The fourth-order valence-corrected chi connectivity index (χ4v) is 5.28. The number of hydrogen-bond donors (Lipinski definition) is 1. The van der Waals surface area contributed by atoms with Gasteiger partial charge in [0, 0.05) is 12.5 Å². The van der Waals surface area contributed by atoms with Crippen LogP contribution in [-0.2, 0) is 45.4 Å². The fraction of sp³-hybridized carbons (Fsp3) is 0.314. The quantitative estimate of drug-likeness (QED) is 0.215. The standard InChI is InChI=1S/C35H38O5/c36-22-31-21-32(37-23-27-13-5-1-6-14-27)34(39-25-29-17-9-3-10-18-29)35(40-26-30-19-11-4-12-20-30)33(31)38-24-28-15-7-2-8-16-28/h1-20,31-36H,21-26H2/t31-,32?,33-,34-,35+/m1/s1. The molecule has 0 aliphatic heterocycles. The van der Waals surface area contributed by atoms with Gasteiger partial charge in [-0.2, -0.15) is 0 Å². The Morgan fingerprint density at radius 3 is 1.20 bits per heavy atom. The van der Waals surface area contributed by atoms with Crippen LogP contribution in [0.4, 0.5) is 0 Å². The highest BCUT2D eigenvalue weighted by Gasteiger charge is 2.47. The van der Waals surface area contributed by atoms with Crippen LogP contribution in [0, 0.1) is 5.92 Å². The second-order valence-corrected chi connectivity index (χ2v) is 10.3. The zero-order chi connectivity index (χ0) is 27.4. The molecule has 5 heteroatoms. The molecule has 0 aromatic heterocycles. The molecule has 5 rings (SSSR count). The summed E-state index contributed by atoms with van der Waals surface area (Å²) in [6.45, 7) is 1.69. The Labute approximate surface area is 237 Å². The molecule has 0 spiro atoms. The van der Waals surface area contributed by atoms with Crippen molar-refractivity contribution >= 4 is 0 Å². The van der Waals surface area contributed by atoms with E-state index >= 15 is 0 Å². The first-order valence-electron chi connectivity index (χ1n) is 14.0. The Kier molecular flexibility index (Phi) is 10.5. The normalized spacial score (nSPS) is 22.7. The molecule has 1 aliphatic rings. The molecule has 208 valence electrons. The van der Waals surface area contributed by atoms with Crippen molar-refractivity contribution in [2.45, 2.75) is 57.3 Å². The molecule has 1 fully saturated rings. The van der Waals surface area contributed by atoms with Gasteiger partial charge in [-0.3, -0.25) is 0 Å². The van der Waals surface area contributed by atoms with Gasteiger partial charge >= 0.3 is 0 Å². The average Bonchev–Trinajstić information content (AvgIpc) is 3.03. The predicted octanol–water partition coefficient (Wildman–Crippen LogP) is 6.34. The summed E-state index contributed by atoms with van der Waals surface area (Å²) < 4.78 is 26.3. The summed E-state index contributed by atoms with van der Waals surface area (Å²) in [5.74, 6) is -0.165. The lowest BCUT2D eigenvalue weighted by Gasteiger charge is -2.45. The van der Waals surface area contributed by atoms with E-state index in [2.05, 4.69) is 36.4 Å². The van der Waals surface area contributed by atoms with Crippen molar-refractivity contribution in [2.24, 2.45) is 5.92 Å². The molecule has 0 bridgehead atoms. The van der Waals surface area contributed by atoms with E-state index in [0.29, 0.717) is 32.8 Å². The van der Waals surface area contributed by atoms with Crippen molar-refractivity contribution in [1.82, 2.24) is 0 Å². The highest BCUT2D eigenvalue weighted by atomic mass is 16.6. The summed E-state index contributed by atoms with van der Waals surface area (Å²) in [5.41, 5.74) is 4.32. The highest BCUT2D eigenvalue weighted by molar-refractivity contribution is 5.16. The maximum absolute atomic E-state index is 10.5. The van der Waals surface area contributed by atoms with Crippen molar-refractivity contribution in [3.05, 3.63) is 144 Å². The van der Waals surface area contributed by atoms with E-state index in [-0.39, 0.29) is 24.7 Å². The molecule has 0 heterocycles. The molecule has 0 amide bonds. The Hall–Kier alpha value is -3.32. The number of hydrogen-bond acceptors (Lipinski definition) is 5. The fourth-order valence-electron chi connectivity index (χ4n) is 5.28. The molecule has 0 radical (unpaired) electrons. The highest BCUT2D eigenvalue weighted by Crippen LogP contribution is 2.35. The van der Waals surface area contributed by atoms with Crippen molar-refractivity contribution in [1.29, 1.82) is 0 Å². The minimum Gasteiger partial charge on any atom is -0.396 e. The first kappa shape index (κ1) is 28.2. The molecule has 4 aromatic rings. The smallest absolute Gasteiger partial charge is 0.113 e. The van der Waals surface area contributed by atoms with E-state index in [1.54, 1.807) is 0 Å². The van der Waals surface area contributed by atoms with Gasteiger partial charge in [0.05, 0.1) is 38.6 Å². The van der Waals surface area contributed by atoms with E-state index in [0.717, 1.165) is 22.3 Å². The molecule has 0 saturated heterocycles. The Morgan fingerprint density at radius 1 is 0.450 bits per heavy atom. The Balaban J connectivity index is 1.41. The van der Waals surface area contributed by atoms with Crippen LogP contribution >= 0.6 is 0 Å². The average molecular weight is 539 g/mol. The van der Waals surface area contributed by atoms with Gasteiger partial charge in [0.15, 0.2) is 0 Å². The molecule has 40 heavy (non-hydrogen) atoms. The zero-order valence-electron chi connectivity index (χ0n) is 22.8. The van der Waals surface area contributed by atoms with Crippen LogP contribution in [0.1, 0.15) is 28.7 Å². The predicted molar refractivity (Wildman–Crippen MR) is 155 cm³/mol. The van der Waals surface area contributed by atoms with Gasteiger partial charge in [0.2, 0.25) is 0 Å². The van der Waals surface area contributed by atoms with Crippen LogP contribution in [0.2, 0.25) is 0 Å². The third kappa shape index (κ3) is 7.87. The van der Waals surface area contributed by atoms with Crippen molar-refractivity contribution in [3.8, 4) is 0 Å². The number of rotatable bonds is 13. The van der Waals surface area contributed by atoms with Gasteiger partial charge < -0.3 is 24.1 Å². The van der Waals surface area contributed by atoms with E-state index < -0.39 is 12.2 Å². The number of ether oxygens (including phenoxy) is 4. The van der Waals surface area contributed by atoms with Gasteiger partial charge in [-0.05, 0) is 28.7 Å². The molecule has 5 atom stereocenters. The van der Waals surface area contributed by atoms with Crippen LogP contribution in [-0.4, -0.2) is 36.1 Å².